The van der Waals surface area contributed by atoms with Gasteiger partial charge in [-0.2, -0.15) is 0 Å². The molecule has 0 N–H and O–H groups in total. The van der Waals surface area contributed by atoms with Gasteiger partial charge in [-0.1, -0.05) is 127 Å². The van der Waals surface area contributed by atoms with Crippen LogP contribution in [0.3, 0.4) is 0 Å². The Morgan fingerprint density at radius 3 is 1.36 bits per heavy atom. The van der Waals surface area contributed by atoms with Gasteiger partial charge in [0.15, 0.2) is 17.5 Å². The fourth-order valence-corrected chi connectivity index (χ4v) is 8.15. The molecule has 0 bridgehead atoms. The fourth-order valence-electron chi connectivity index (χ4n) is 8.15. The SMILES string of the molecule is c1ccc(-c2nc(-c3cc(-c4cccc(-c5ccccn5)c4)cc(-c4cccc(-c5ccccn5)c4)c3)nc(-c3ccc4ccc5cccc6ccc3c4c56)n2)cc1. The summed E-state index contributed by atoms with van der Waals surface area (Å²) in [6.07, 6.45) is 3.66. The lowest BCUT2D eigenvalue weighted by Crippen LogP contribution is -2.01. The van der Waals surface area contributed by atoms with Gasteiger partial charge in [0.1, 0.15) is 0 Å². The quantitative estimate of drug-likeness (QED) is 0.152. The first-order valence-corrected chi connectivity index (χ1v) is 19.4. The maximum Gasteiger partial charge on any atom is 0.164 e. The molecule has 11 aromatic rings. The van der Waals surface area contributed by atoms with Crippen molar-refractivity contribution < 1.29 is 0 Å². The van der Waals surface area contributed by atoms with Gasteiger partial charge >= 0.3 is 0 Å². The average molecular weight is 740 g/mol. The van der Waals surface area contributed by atoms with E-state index in [4.69, 9.17) is 15.0 Å². The van der Waals surface area contributed by atoms with Gasteiger partial charge in [-0.3, -0.25) is 9.97 Å². The Kier molecular flexibility index (Phi) is 8.07. The summed E-state index contributed by atoms with van der Waals surface area (Å²) in [5.74, 6) is 1.84. The number of nitrogens with zero attached hydrogens (tertiary/aromatic N) is 5. The lowest BCUT2D eigenvalue weighted by atomic mass is 9.91. The standard InChI is InChI=1S/C53H33N5/c1-2-11-37(12-3-1)51-56-52(58-53(57-51)46-26-24-36-22-21-34-13-8-14-35-23-25-45(46)50(36)49(34)35)44-32-42(38-15-9-17-40(29-38)47-19-4-6-27-54-47)31-43(33-44)39-16-10-18-41(30-39)48-20-5-7-28-55-48/h1-33H. The number of aromatic nitrogens is 5. The molecule has 0 aliphatic carbocycles. The molecule has 8 aromatic carbocycles. The van der Waals surface area contributed by atoms with Crippen LogP contribution in [0.1, 0.15) is 0 Å². The maximum atomic E-state index is 5.34. The molecule has 0 atom stereocenters. The highest BCUT2D eigenvalue weighted by molar-refractivity contribution is 6.25. The lowest BCUT2D eigenvalue weighted by Gasteiger charge is -2.15. The van der Waals surface area contributed by atoms with Crippen molar-refractivity contribution in [3.63, 3.8) is 0 Å². The molecular weight excluding hydrogens is 707 g/mol. The van der Waals surface area contributed by atoms with Gasteiger partial charge in [-0.25, -0.2) is 15.0 Å². The van der Waals surface area contributed by atoms with E-state index in [1.807, 2.05) is 67.0 Å². The van der Waals surface area contributed by atoms with Gasteiger partial charge in [-0.15, -0.1) is 0 Å². The molecule has 5 heteroatoms. The highest BCUT2D eigenvalue weighted by Crippen LogP contribution is 2.40. The number of pyridine rings is 2. The Morgan fingerprint density at radius 1 is 0.276 bits per heavy atom. The molecule has 0 aliphatic heterocycles. The predicted octanol–water partition coefficient (Wildman–Crippen LogP) is 13.2. The second-order valence-electron chi connectivity index (χ2n) is 14.5. The summed E-state index contributed by atoms with van der Waals surface area (Å²) >= 11 is 0. The molecule has 0 radical (unpaired) electrons. The monoisotopic (exact) mass is 739 g/mol. The smallest absolute Gasteiger partial charge is 0.164 e. The van der Waals surface area contributed by atoms with Gasteiger partial charge in [0.25, 0.3) is 0 Å². The molecule has 0 spiro atoms. The molecular formula is C53H33N5. The number of benzene rings is 8. The van der Waals surface area contributed by atoms with Gasteiger partial charge < -0.3 is 0 Å². The van der Waals surface area contributed by atoms with E-state index in [1.54, 1.807) is 0 Å². The summed E-state index contributed by atoms with van der Waals surface area (Å²) in [6, 6.07) is 65.6. The minimum absolute atomic E-state index is 0.597. The van der Waals surface area contributed by atoms with E-state index >= 15 is 0 Å². The molecule has 0 saturated carbocycles. The molecule has 0 saturated heterocycles. The van der Waals surface area contributed by atoms with Gasteiger partial charge in [0, 0.05) is 40.2 Å². The van der Waals surface area contributed by atoms with Crippen molar-refractivity contribution in [2.24, 2.45) is 0 Å². The number of hydrogen-bond donors (Lipinski definition) is 0. The Labute approximate surface area is 335 Å². The third-order valence-electron chi connectivity index (χ3n) is 10.9. The van der Waals surface area contributed by atoms with E-state index < -0.39 is 0 Å². The fraction of sp³-hybridized carbons (Fsp3) is 0. The topological polar surface area (TPSA) is 64.5 Å². The zero-order valence-electron chi connectivity index (χ0n) is 31.3. The average Bonchev–Trinajstić information content (AvgIpc) is 3.31. The zero-order valence-corrected chi connectivity index (χ0v) is 31.3. The zero-order chi connectivity index (χ0) is 38.4. The molecule has 0 unspecified atom stereocenters. The van der Waals surface area contributed by atoms with Gasteiger partial charge in [0.2, 0.25) is 0 Å². The summed E-state index contributed by atoms with van der Waals surface area (Å²) < 4.78 is 0. The molecule has 58 heavy (non-hydrogen) atoms. The van der Waals surface area contributed by atoms with Crippen LogP contribution in [0.4, 0.5) is 0 Å². The van der Waals surface area contributed by atoms with E-state index in [0.717, 1.165) is 66.8 Å². The van der Waals surface area contributed by atoms with Crippen LogP contribution in [-0.2, 0) is 0 Å². The van der Waals surface area contributed by atoms with E-state index in [0.29, 0.717) is 17.5 Å². The molecule has 5 nitrogen and oxygen atoms in total. The molecule has 11 rings (SSSR count). The van der Waals surface area contributed by atoms with Crippen LogP contribution in [0.5, 0.6) is 0 Å². The molecule has 3 heterocycles. The second kappa shape index (κ2) is 14.0. The Balaban J connectivity index is 1.14. The van der Waals surface area contributed by atoms with E-state index in [9.17, 15) is 0 Å². The molecule has 3 aromatic heterocycles. The molecule has 0 fully saturated rings. The number of rotatable bonds is 7. The lowest BCUT2D eigenvalue weighted by molar-refractivity contribution is 1.08. The minimum Gasteiger partial charge on any atom is -0.256 e. The highest BCUT2D eigenvalue weighted by Gasteiger charge is 2.19. The normalized spacial score (nSPS) is 11.4. The van der Waals surface area contributed by atoms with Gasteiger partial charge in [0.05, 0.1) is 11.4 Å². The van der Waals surface area contributed by atoms with Crippen molar-refractivity contribution in [2.45, 2.75) is 0 Å². The van der Waals surface area contributed by atoms with Crippen molar-refractivity contribution >= 4 is 32.3 Å². The largest absolute Gasteiger partial charge is 0.256 e. The Hall–Kier alpha value is -7.89. The first-order valence-electron chi connectivity index (χ1n) is 19.4. The molecule has 0 aliphatic rings. The van der Waals surface area contributed by atoms with Crippen LogP contribution in [0, 0.1) is 0 Å². The summed E-state index contributed by atoms with van der Waals surface area (Å²) in [5, 5.41) is 7.23. The number of hydrogen-bond acceptors (Lipinski definition) is 5. The first kappa shape index (κ1) is 33.4. The Bertz CT molecular complexity index is 3160. The van der Waals surface area contributed by atoms with Crippen LogP contribution in [0.15, 0.2) is 200 Å². The van der Waals surface area contributed by atoms with E-state index in [-0.39, 0.29) is 0 Å². The molecule has 270 valence electrons. The van der Waals surface area contributed by atoms with Crippen molar-refractivity contribution in [1.29, 1.82) is 0 Å². The highest BCUT2D eigenvalue weighted by atomic mass is 15.0. The summed E-state index contributed by atoms with van der Waals surface area (Å²) in [4.78, 5) is 25.0. The van der Waals surface area contributed by atoms with E-state index in [1.165, 1.54) is 26.9 Å². The van der Waals surface area contributed by atoms with Crippen molar-refractivity contribution in [3.05, 3.63) is 200 Å². The molecule has 0 amide bonds. The summed E-state index contributed by atoms with van der Waals surface area (Å²) in [5.41, 5.74) is 10.9. The Morgan fingerprint density at radius 2 is 0.741 bits per heavy atom. The van der Waals surface area contributed by atoms with Gasteiger partial charge in [-0.05, 0) is 115 Å². The van der Waals surface area contributed by atoms with Crippen LogP contribution in [0.2, 0.25) is 0 Å². The minimum atomic E-state index is 0.597. The van der Waals surface area contributed by atoms with Crippen molar-refractivity contribution in [3.8, 4) is 78.9 Å². The second-order valence-corrected chi connectivity index (χ2v) is 14.5. The van der Waals surface area contributed by atoms with E-state index in [2.05, 4.69) is 143 Å². The summed E-state index contributed by atoms with van der Waals surface area (Å²) in [6.45, 7) is 0. The van der Waals surface area contributed by atoms with Crippen LogP contribution in [0.25, 0.3) is 111 Å². The first-order chi connectivity index (χ1) is 28.7. The van der Waals surface area contributed by atoms with Crippen LogP contribution >= 0.6 is 0 Å². The predicted molar refractivity (Wildman–Crippen MR) is 237 cm³/mol. The summed E-state index contributed by atoms with van der Waals surface area (Å²) in [7, 11) is 0. The maximum absolute atomic E-state index is 5.34. The third kappa shape index (κ3) is 6.03. The van der Waals surface area contributed by atoms with Crippen molar-refractivity contribution in [1.82, 2.24) is 24.9 Å². The van der Waals surface area contributed by atoms with Crippen LogP contribution in [-0.4, -0.2) is 24.9 Å². The van der Waals surface area contributed by atoms with Crippen LogP contribution < -0.4 is 0 Å². The van der Waals surface area contributed by atoms with Crippen molar-refractivity contribution in [2.75, 3.05) is 0 Å². The third-order valence-corrected chi connectivity index (χ3v) is 10.9.